The first-order valence-corrected chi connectivity index (χ1v) is 6.58. The van der Waals surface area contributed by atoms with Gasteiger partial charge in [0, 0.05) is 0 Å². The minimum Gasteiger partial charge on any atom is -0.317 e. The standard InChI is InChI=1S/C15H23N/c1-3-15(14-8-10-16-11-9-14)13-6-4-12(2)5-7-13/h4-7,14-16H,3,8-11H2,1-2H3. The molecular formula is C15H23N. The summed E-state index contributed by atoms with van der Waals surface area (Å²) >= 11 is 0. The number of piperidine rings is 1. The second-order valence-corrected chi connectivity index (χ2v) is 5.01. The third-order valence-electron chi connectivity index (χ3n) is 3.90. The summed E-state index contributed by atoms with van der Waals surface area (Å²) in [5, 5.41) is 3.45. The van der Waals surface area contributed by atoms with Crippen LogP contribution >= 0.6 is 0 Å². The van der Waals surface area contributed by atoms with E-state index in [0.29, 0.717) is 0 Å². The fourth-order valence-corrected chi connectivity index (χ4v) is 2.90. The highest BCUT2D eigenvalue weighted by Gasteiger charge is 2.23. The van der Waals surface area contributed by atoms with Crippen molar-refractivity contribution in [1.29, 1.82) is 0 Å². The third-order valence-corrected chi connectivity index (χ3v) is 3.90. The molecule has 1 heteroatoms. The number of hydrogen-bond donors (Lipinski definition) is 1. The number of rotatable bonds is 3. The summed E-state index contributed by atoms with van der Waals surface area (Å²) in [6, 6.07) is 9.15. The summed E-state index contributed by atoms with van der Waals surface area (Å²) in [6.45, 7) is 6.89. The van der Waals surface area contributed by atoms with E-state index in [1.807, 2.05) is 0 Å². The molecule has 1 N–H and O–H groups in total. The van der Waals surface area contributed by atoms with Crippen LogP contribution in [0.3, 0.4) is 0 Å². The van der Waals surface area contributed by atoms with Gasteiger partial charge in [0.25, 0.3) is 0 Å². The molecule has 0 spiro atoms. The zero-order valence-corrected chi connectivity index (χ0v) is 10.5. The van der Waals surface area contributed by atoms with Gasteiger partial charge >= 0.3 is 0 Å². The second-order valence-electron chi connectivity index (χ2n) is 5.01. The van der Waals surface area contributed by atoms with Gasteiger partial charge in [0.15, 0.2) is 0 Å². The Balaban J connectivity index is 2.11. The minimum atomic E-state index is 0.766. The zero-order valence-electron chi connectivity index (χ0n) is 10.5. The van der Waals surface area contributed by atoms with E-state index >= 15 is 0 Å². The first-order valence-electron chi connectivity index (χ1n) is 6.58. The van der Waals surface area contributed by atoms with E-state index in [1.165, 1.54) is 37.9 Å². The van der Waals surface area contributed by atoms with E-state index in [2.05, 4.69) is 43.4 Å². The fourth-order valence-electron chi connectivity index (χ4n) is 2.90. The van der Waals surface area contributed by atoms with Crippen molar-refractivity contribution >= 4 is 0 Å². The van der Waals surface area contributed by atoms with Crippen LogP contribution in [0.2, 0.25) is 0 Å². The minimum absolute atomic E-state index is 0.766. The van der Waals surface area contributed by atoms with Crippen LogP contribution in [0.15, 0.2) is 24.3 Å². The zero-order chi connectivity index (χ0) is 11.4. The number of benzene rings is 1. The van der Waals surface area contributed by atoms with E-state index in [1.54, 1.807) is 5.56 Å². The third kappa shape index (κ3) is 2.65. The summed E-state index contributed by atoms with van der Waals surface area (Å²) in [4.78, 5) is 0. The van der Waals surface area contributed by atoms with Crippen LogP contribution in [0.5, 0.6) is 0 Å². The van der Waals surface area contributed by atoms with Crippen LogP contribution in [0, 0.1) is 12.8 Å². The molecule has 2 rings (SSSR count). The van der Waals surface area contributed by atoms with E-state index in [4.69, 9.17) is 0 Å². The molecule has 1 nitrogen and oxygen atoms in total. The Kier molecular flexibility index (Phi) is 4.00. The molecule has 1 aromatic carbocycles. The molecular weight excluding hydrogens is 194 g/mol. The van der Waals surface area contributed by atoms with Crippen LogP contribution < -0.4 is 5.32 Å². The van der Waals surface area contributed by atoms with Crippen LogP contribution in [-0.4, -0.2) is 13.1 Å². The Morgan fingerprint density at radius 1 is 1.19 bits per heavy atom. The highest BCUT2D eigenvalue weighted by molar-refractivity contribution is 5.25. The topological polar surface area (TPSA) is 12.0 Å². The summed E-state index contributed by atoms with van der Waals surface area (Å²) in [5.74, 6) is 1.65. The van der Waals surface area contributed by atoms with Gasteiger partial charge in [-0.3, -0.25) is 0 Å². The molecule has 0 aliphatic carbocycles. The lowest BCUT2D eigenvalue weighted by molar-refractivity contribution is 0.312. The molecule has 1 atom stereocenters. The van der Waals surface area contributed by atoms with Crippen molar-refractivity contribution in [3.8, 4) is 0 Å². The lowest BCUT2D eigenvalue weighted by atomic mass is 9.79. The van der Waals surface area contributed by atoms with E-state index in [-0.39, 0.29) is 0 Å². The maximum atomic E-state index is 3.45. The van der Waals surface area contributed by atoms with Crippen molar-refractivity contribution in [2.75, 3.05) is 13.1 Å². The molecule has 1 unspecified atom stereocenters. The Morgan fingerprint density at radius 3 is 2.38 bits per heavy atom. The maximum absolute atomic E-state index is 3.45. The number of aryl methyl sites for hydroxylation is 1. The van der Waals surface area contributed by atoms with Crippen molar-refractivity contribution in [3.63, 3.8) is 0 Å². The van der Waals surface area contributed by atoms with Crippen LogP contribution in [0.25, 0.3) is 0 Å². The summed E-state index contributed by atoms with van der Waals surface area (Å²) in [7, 11) is 0. The molecule has 1 heterocycles. The van der Waals surface area contributed by atoms with Crippen molar-refractivity contribution in [3.05, 3.63) is 35.4 Å². The Morgan fingerprint density at radius 2 is 1.81 bits per heavy atom. The molecule has 0 amide bonds. The SMILES string of the molecule is CCC(c1ccc(C)cc1)C1CCNCC1. The average molecular weight is 217 g/mol. The lowest BCUT2D eigenvalue weighted by Crippen LogP contribution is -2.30. The van der Waals surface area contributed by atoms with Gasteiger partial charge in [0.05, 0.1) is 0 Å². The molecule has 16 heavy (non-hydrogen) atoms. The van der Waals surface area contributed by atoms with Gasteiger partial charge in [-0.1, -0.05) is 36.8 Å². The molecule has 0 bridgehead atoms. The summed E-state index contributed by atoms with van der Waals surface area (Å²) in [5.41, 5.74) is 2.91. The van der Waals surface area contributed by atoms with Crippen molar-refractivity contribution in [2.24, 2.45) is 5.92 Å². The van der Waals surface area contributed by atoms with Crippen molar-refractivity contribution < 1.29 is 0 Å². The largest absolute Gasteiger partial charge is 0.317 e. The predicted molar refractivity (Wildman–Crippen MR) is 69.8 cm³/mol. The molecule has 1 fully saturated rings. The van der Waals surface area contributed by atoms with Gasteiger partial charge in [-0.15, -0.1) is 0 Å². The van der Waals surface area contributed by atoms with Crippen LogP contribution in [0.1, 0.15) is 43.2 Å². The molecule has 0 aromatic heterocycles. The van der Waals surface area contributed by atoms with Crippen LogP contribution in [-0.2, 0) is 0 Å². The predicted octanol–water partition coefficient (Wildman–Crippen LogP) is 3.49. The number of nitrogens with one attached hydrogen (secondary N) is 1. The smallest absolute Gasteiger partial charge is 0.00461 e. The normalized spacial score (nSPS) is 19.6. The highest BCUT2D eigenvalue weighted by Crippen LogP contribution is 2.33. The Hall–Kier alpha value is -0.820. The highest BCUT2D eigenvalue weighted by atomic mass is 14.9. The monoisotopic (exact) mass is 217 g/mol. The van der Waals surface area contributed by atoms with E-state index in [9.17, 15) is 0 Å². The van der Waals surface area contributed by atoms with Gasteiger partial charge in [-0.25, -0.2) is 0 Å². The van der Waals surface area contributed by atoms with Gasteiger partial charge in [-0.2, -0.15) is 0 Å². The quantitative estimate of drug-likeness (QED) is 0.817. The van der Waals surface area contributed by atoms with Crippen molar-refractivity contribution in [1.82, 2.24) is 5.32 Å². The van der Waals surface area contributed by atoms with Crippen molar-refractivity contribution in [2.45, 2.75) is 39.0 Å². The molecule has 1 aliphatic heterocycles. The Bertz CT molecular complexity index is 309. The number of hydrogen-bond acceptors (Lipinski definition) is 1. The molecule has 1 saturated heterocycles. The first kappa shape index (κ1) is 11.7. The second kappa shape index (κ2) is 5.49. The van der Waals surface area contributed by atoms with E-state index < -0.39 is 0 Å². The van der Waals surface area contributed by atoms with Gasteiger partial charge in [0.2, 0.25) is 0 Å². The fraction of sp³-hybridized carbons (Fsp3) is 0.600. The lowest BCUT2D eigenvalue weighted by Gasteiger charge is -2.30. The maximum Gasteiger partial charge on any atom is -0.00461 e. The summed E-state index contributed by atoms with van der Waals surface area (Å²) < 4.78 is 0. The summed E-state index contributed by atoms with van der Waals surface area (Å²) in [6.07, 6.45) is 3.95. The van der Waals surface area contributed by atoms with Gasteiger partial charge in [0.1, 0.15) is 0 Å². The van der Waals surface area contributed by atoms with Gasteiger partial charge < -0.3 is 5.32 Å². The molecule has 1 aromatic rings. The van der Waals surface area contributed by atoms with Crippen LogP contribution in [0.4, 0.5) is 0 Å². The first-order chi connectivity index (χ1) is 7.81. The van der Waals surface area contributed by atoms with E-state index in [0.717, 1.165) is 11.8 Å². The van der Waals surface area contributed by atoms with Gasteiger partial charge in [-0.05, 0) is 56.7 Å². The molecule has 88 valence electrons. The molecule has 0 saturated carbocycles. The Labute approximate surface area is 99.3 Å². The molecule has 1 aliphatic rings. The molecule has 0 radical (unpaired) electrons. The average Bonchev–Trinajstić information content (AvgIpc) is 2.34.